The van der Waals surface area contributed by atoms with Gasteiger partial charge in [0.15, 0.2) is 29.5 Å². The Labute approximate surface area is 144 Å². The summed E-state index contributed by atoms with van der Waals surface area (Å²) in [6.45, 7) is 2.99. The number of nitrogens with two attached hydrogens (primary N) is 1. The molecule has 0 fully saturated rings. The van der Waals surface area contributed by atoms with Gasteiger partial charge in [0.25, 0.3) is 0 Å². The van der Waals surface area contributed by atoms with Crippen LogP contribution in [-0.2, 0) is 9.30 Å². The van der Waals surface area contributed by atoms with E-state index in [1.165, 1.54) is 6.33 Å². The molecule has 4 rings (SSSR count). The van der Waals surface area contributed by atoms with E-state index in [2.05, 4.69) is 15.3 Å². The zero-order valence-electron chi connectivity index (χ0n) is 13.6. The van der Waals surface area contributed by atoms with Crippen molar-refractivity contribution in [2.45, 2.75) is 13.0 Å². The maximum atomic E-state index is 12.6. The Kier molecular flexibility index (Phi) is 3.89. The van der Waals surface area contributed by atoms with Crippen LogP contribution >= 0.6 is 7.60 Å². The third-order valence-corrected chi connectivity index (χ3v) is 5.34. The number of aromatic nitrogens is 2. The molecule has 1 aromatic carbocycles. The second-order valence-electron chi connectivity index (χ2n) is 5.86. The van der Waals surface area contributed by atoms with Crippen molar-refractivity contribution in [1.29, 1.82) is 0 Å². The highest BCUT2D eigenvalue weighted by Crippen LogP contribution is 2.58. The van der Waals surface area contributed by atoms with E-state index in [-0.39, 0.29) is 12.5 Å². The van der Waals surface area contributed by atoms with Crippen LogP contribution in [0.5, 0.6) is 11.5 Å². The van der Waals surface area contributed by atoms with Crippen LogP contribution in [0.25, 0.3) is 0 Å². The van der Waals surface area contributed by atoms with Gasteiger partial charge in [-0.05, 0) is 19.1 Å². The van der Waals surface area contributed by atoms with Crippen LogP contribution in [0, 0.1) is 0 Å². The van der Waals surface area contributed by atoms with Gasteiger partial charge in [0, 0.05) is 6.54 Å². The molecule has 1 atom stereocenters. The summed E-state index contributed by atoms with van der Waals surface area (Å²) in [5, 5.41) is 3.16. The lowest BCUT2D eigenvalue weighted by atomic mass is 10.3. The summed E-state index contributed by atoms with van der Waals surface area (Å²) in [7, 11) is -3.33. The molecule has 0 amide bonds. The molecule has 1 aromatic heterocycles. The molecule has 0 unspecified atom stereocenters. The molecule has 2 aliphatic rings. The van der Waals surface area contributed by atoms with Crippen LogP contribution in [0.2, 0.25) is 0 Å². The van der Waals surface area contributed by atoms with Crippen molar-refractivity contribution < 1.29 is 18.3 Å². The molecule has 2 aromatic rings. The summed E-state index contributed by atoms with van der Waals surface area (Å²) in [6.07, 6.45) is 1.09. The van der Waals surface area contributed by atoms with Gasteiger partial charge in [0.05, 0.1) is 12.8 Å². The van der Waals surface area contributed by atoms with Crippen LogP contribution < -0.4 is 25.0 Å². The maximum Gasteiger partial charge on any atom is 0.456 e. The number of rotatable bonds is 5. The predicted octanol–water partition coefficient (Wildman–Crippen LogP) is 2.28. The molecule has 25 heavy (non-hydrogen) atoms. The molecule has 0 saturated carbocycles. The number of para-hydroxylation sites is 2. The number of nitrogens with zero attached hydrogens (tertiary/aromatic N) is 3. The standard InChI is InChI=1S/C15H18N5O4P/c1-10(6-20-8-19-13-14(16)17-7-18-15(13)20)22-9-25(21)23-11-4-2-3-5-12(11)24-25/h2-5,7,10,19H,6,8-9H2,1H3,(H2,16,17,18)/t10-/m1/s1. The summed E-state index contributed by atoms with van der Waals surface area (Å²) in [6, 6.07) is 7.03. The molecule has 132 valence electrons. The molecule has 0 radical (unpaired) electrons. The van der Waals surface area contributed by atoms with Gasteiger partial charge in [-0.1, -0.05) is 12.1 Å². The normalized spacial score (nSPS) is 17.9. The van der Waals surface area contributed by atoms with Crippen LogP contribution in [0.15, 0.2) is 30.6 Å². The molecule has 3 heterocycles. The lowest BCUT2D eigenvalue weighted by Gasteiger charge is -2.22. The number of benzene rings is 1. The first-order valence-electron chi connectivity index (χ1n) is 7.82. The first-order chi connectivity index (χ1) is 12.0. The monoisotopic (exact) mass is 363 g/mol. The minimum atomic E-state index is -3.33. The lowest BCUT2D eigenvalue weighted by molar-refractivity contribution is 0.0967. The van der Waals surface area contributed by atoms with Crippen LogP contribution in [-0.4, -0.2) is 35.6 Å². The van der Waals surface area contributed by atoms with Crippen molar-refractivity contribution in [3.05, 3.63) is 30.6 Å². The average molecular weight is 363 g/mol. The SMILES string of the molecule is C[C@H](CN1CNc2c(N)ncnc21)OCP1(=O)Oc2ccccc2O1. The van der Waals surface area contributed by atoms with E-state index in [1.807, 2.05) is 11.8 Å². The molecule has 2 aliphatic heterocycles. The minimum Gasteiger partial charge on any atom is -0.411 e. The van der Waals surface area contributed by atoms with Crippen LogP contribution in [0.4, 0.5) is 17.3 Å². The van der Waals surface area contributed by atoms with E-state index in [4.69, 9.17) is 19.5 Å². The van der Waals surface area contributed by atoms with E-state index < -0.39 is 7.60 Å². The minimum absolute atomic E-state index is 0.122. The van der Waals surface area contributed by atoms with E-state index in [0.29, 0.717) is 30.5 Å². The zero-order valence-corrected chi connectivity index (χ0v) is 14.5. The fourth-order valence-corrected chi connectivity index (χ4v) is 4.23. The maximum absolute atomic E-state index is 12.6. The van der Waals surface area contributed by atoms with Gasteiger partial charge in [-0.25, -0.2) is 14.5 Å². The van der Waals surface area contributed by atoms with Gasteiger partial charge in [0.1, 0.15) is 12.0 Å². The Balaban J connectivity index is 1.35. The topological polar surface area (TPSA) is 112 Å². The molecule has 0 bridgehead atoms. The molecular weight excluding hydrogens is 345 g/mol. The molecule has 0 aliphatic carbocycles. The third-order valence-electron chi connectivity index (χ3n) is 3.92. The Hall–Kier alpha value is -2.51. The zero-order chi connectivity index (χ0) is 17.4. The number of ether oxygens (including phenoxy) is 1. The highest BCUT2D eigenvalue weighted by Gasteiger charge is 2.37. The van der Waals surface area contributed by atoms with Crippen LogP contribution in [0.1, 0.15) is 6.92 Å². The van der Waals surface area contributed by atoms with Crippen molar-refractivity contribution in [3.63, 3.8) is 0 Å². The highest BCUT2D eigenvalue weighted by molar-refractivity contribution is 7.54. The molecule has 10 heteroatoms. The van der Waals surface area contributed by atoms with Gasteiger partial charge in [-0.15, -0.1) is 0 Å². The smallest absolute Gasteiger partial charge is 0.411 e. The van der Waals surface area contributed by atoms with E-state index in [9.17, 15) is 4.57 Å². The van der Waals surface area contributed by atoms with Gasteiger partial charge in [0.2, 0.25) is 0 Å². The van der Waals surface area contributed by atoms with E-state index in [1.54, 1.807) is 24.3 Å². The van der Waals surface area contributed by atoms with E-state index in [0.717, 1.165) is 11.5 Å². The summed E-state index contributed by atoms with van der Waals surface area (Å²) >= 11 is 0. The number of nitrogen functional groups attached to an aromatic ring is 1. The Morgan fingerprint density at radius 3 is 2.80 bits per heavy atom. The molecule has 0 saturated heterocycles. The Morgan fingerprint density at radius 2 is 2.08 bits per heavy atom. The number of anilines is 3. The summed E-state index contributed by atoms with van der Waals surface area (Å²) in [4.78, 5) is 10.2. The fraction of sp³-hybridized carbons (Fsp3) is 0.333. The fourth-order valence-electron chi connectivity index (χ4n) is 2.75. The summed E-state index contributed by atoms with van der Waals surface area (Å²) in [5.41, 5.74) is 6.55. The van der Waals surface area contributed by atoms with E-state index >= 15 is 0 Å². The van der Waals surface area contributed by atoms with Gasteiger partial charge >= 0.3 is 7.60 Å². The molecular formula is C15H18N5O4P. The number of hydrogen-bond donors (Lipinski definition) is 2. The van der Waals surface area contributed by atoms with Gasteiger partial charge < -0.3 is 29.7 Å². The second kappa shape index (κ2) is 6.09. The van der Waals surface area contributed by atoms with Gasteiger partial charge in [-0.3, -0.25) is 0 Å². The average Bonchev–Trinajstić information content (AvgIpc) is 3.15. The first kappa shape index (κ1) is 16.0. The molecule has 3 N–H and O–H groups in total. The predicted molar refractivity (Wildman–Crippen MR) is 93.0 cm³/mol. The number of hydrogen-bond acceptors (Lipinski definition) is 9. The number of fused-ring (bicyclic) bond motifs is 2. The van der Waals surface area contributed by atoms with Crippen LogP contribution in [0.3, 0.4) is 0 Å². The van der Waals surface area contributed by atoms with Crippen molar-refractivity contribution in [2.75, 3.05) is 35.5 Å². The van der Waals surface area contributed by atoms with Gasteiger partial charge in [-0.2, -0.15) is 0 Å². The Morgan fingerprint density at radius 1 is 1.36 bits per heavy atom. The number of nitrogens with one attached hydrogen (secondary N) is 1. The summed E-state index contributed by atoms with van der Waals surface area (Å²) in [5.74, 6) is 2.10. The highest BCUT2D eigenvalue weighted by atomic mass is 31.2. The third kappa shape index (κ3) is 3.08. The Bertz CT molecular complexity index is 819. The molecule has 0 spiro atoms. The first-order valence-corrected chi connectivity index (χ1v) is 9.55. The van der Waals surface area contributed by atoms with Crippen molar-refractivity contribution in [3.8, 4) is 11.5 Å². The molecule has 9 nitrogen and oxygen atoms in total. The lowest BCUT2D eigenvalue weighted by Crippen LogP contribution is -2.33. The second-order valence-corrected chi connectivity index (χ2v) is 7.71. The van der Waals surface area contributed by atoms with Crippen molar-refractivity contribution in [1.82, 2.24) is 9.97 Å². The quantitative estimate of drug-likeness (QED) is 0.773. The summed E-state index contributed by atoms with van der Waals surface area (Å²) < 4.78 is 29.2. The van der Waals surface area contributed by atoms with Crippen molar-refractivity contribution in [2.24, 2.45) is 0 Å². The largest absolute Gasteiger partial charge is 0.456 e. The van der Waals surface area contributed by atoms with Crippen molar-refractivity contribution >= 4 is 24.9 Å².